The van der Waals surface area contributed by atoms with Crippen molar-refractivity contribution in [2.24, 2.45) is 5.10 Å². The average molecular weight is 371 g/mol. The molecule has 0 aliphatic rings. The average Bonchev–Trinajstić information content (AvgIpc) is 2.66. The van der Waals surface area contributed by atoms with E-state index in [2.05, 4.69) is 15.8 Å². The molecule has 8 heteroatoms. The van der Waals surface area contributed by atoms with Crippen LogP contribution in [0.25, 0.3) is 0 Å². The zero-order chi connectivity index (χ0) is 19.6. The normalized spacial score (nSPS) is 10.4. The number of carbonyl (C=O) groups is 2. The number of ether oxygens (including phenoxy) is 2. The Morgan fingerprint density at radius 3 is 2.41 bits per heavy atom. The number of carbonyl (C=O) groups excluding carboxylic acids is 2. The lowest BCUT2D eigenvalue weighted by Crippen LogP contribution is -2.32. The summed E-state index contributed by atoms with van der Waals surface area (Å²) in [5.41, 5.74) is 3.19. The van der Waals surface area contributed by atoms with Crippen LogP contribution in [-0.2, 0) is 9.59 Å². The third-order valence-corrected chi connectivity index (χ3v) is 3.29. The van der Waals surface area contributed by atoms with Crippen molar-refractivity contribution in [1.29, 1.82) is 0 Å². The Bertz CT molecular complexity index is 819. The van der Waals surface area contributed by atoms with E-state index in [9.17, 15) is 14.7 Å². The molecule has 2 rings (SSSR count). The number of anilines is 1. The molecule has 0 atom stereocenters. The van der Waals surface area contributed by atoms with Gasteiger partial charge in [0.15, 0.2) is 11.5 Å². The maximum Gasteiger partial charge on any atom is 0.329 e. The lowest BCUT2D eigenvalue weighted by Gasteiger charge is -2.07. The van der Waals surface area contributed by atoms with Gasteiger partial charge in [0, 0.05) is 5.69 Å². The Morgan fingerprint density at radius 1 is 1.04 bits per heavy atom. The van der Waals surface area contributed by atoms with Crippen molar-refractivity contribution in [2.75, 3.05) is 18.5 Å². The van der Waals surface area contributed by atoms with Crippen LogP contribution < -0.4 is 20.2 Å². The molecular formula is C19H21N3O5. The van der Waals surface area contributed by atoms with E-state index in [1.54, 1.807) is 43.3 Å². The van der Waals surface area contributed by atoms with Gasteiger partial charge in [-0.3, -0.25) is 9.59 Å². The molecule has 142 valence electrons. The van der Waals surface area contributed by atoms with Crippen LogP contribution in [0.5, 0.6) is 17.2 Å². The number of aromatic hydroxyl groups is 1. The molecule has 8 nitrogen and oxygen atoms in total. The third kappa shape index (κ3) is 6.03. The summed E-state index contributed by atoms with van der Waals surface area (Å²) in [5.74, 6) is -0.778. The van der Waals surface area contributed by atoms with Crippen molar-refractivity contribution in [1.82, 2.24) is 5.43 Å². The van der Waals surface area contributed by atoms with Crippen molar-refractivity contribution in [2.45, 2.75) is 13.8 Å². The molecule has 0 aliphatic carbocycles. The highest BCUT2D eigenvalue weighted by atomic mass is 16.5. The van der Waals surface area contributed by atoms with Crippen LogP contribution in [0.4, 0.5) is 5.69 Å². The van der Waals surface area contributed by atoms with Gasteiger partial charge in [-0.05, 0) is 61.9 Å². The SMILES string of the molecule is CCOc1ccc(NC(=O)C(=O)N/N=C\c2ccc(O)c(OCC)c2)cc1. The highest BCUT2D eigenvalue weighted by Crippen LogP contribution is 2.26. The van der Waals surface area contributed by atoms with Crippen molar-refractivity contribution >= 4 is 23.7 Å². The largest absolute Gasteiger partial charge is 0.504 e. The van der Waals surface area contributed by atoms with E-state index in [-0.39, 0.29) is 5.75 Å². The standard InChI is InChI=1S/C19H21N3O5/c1-3-26-15-8-6-14(7-9-15)21-18(24)19(25)22-20-12-13-5-10-16(23)17(11-13)27-4-2/h5-12,23H,3-4H2,1-2H3,(H,21,24)(H,22,25)/b20-12-. The zero-order valence-electron chi connectivity index (χ0n) is 15.1. The first kappa shape index (κ1) is 19.8. The Morgan fingerprint density at radius 2 is 1.74 bits per heavy atom. The maximum absolute atomic E-state index is 11.9. The van der Waals surface area contributed by atoms with E-state index < -0.39 is 11.8 Å². The van der Waals surface area contributed by atoms with Gasteiger partial charge in [-0.1, -0.05) is 0 Å². The van der Waals surface area contributed by atoms with Gasteiger partial charge in [-0.15, -0.1) is 0 Å². The number of hydrogen-bond acceptors (Lipinski definition) is 6. The molecule has 0 unspecified atom stereocenters. The van der Waals surface area contributed by atoms with Crippen LogP contribution in [0, 0.1) is 0 Å². The minimum atomic E-state index is -0.913. The number of hydrazone groups is 1. The predicted molar refractivity (Wildman–Crippen MR) is 101 cm³/mol. The van der Waals surface area contributed by atoms with E-state index in [0.717, 1.165) is 0 Å². The quantitative estimate of drug-likeness (QED) is 0.393. The fourth-order valence-electron chi connectivity index (χ4n) is 2.09. The molecule has 0 spiro atoms. The first-order valence-corrected chi connectivity index (χ1v) is 8.36. The van der Waals surface area contributed by atoms with Crippen molar-refractivity contribution in [3.63, 3.8) is 0 Å². The number of hydrogen-bond donors (Lipinski definition) is 3. The molecule has 0 saturated heterocycles. The summed E-state index contributed by atoms with van der Waals surface area (Å²) in [7, 11) is 0. The second-order valence-corrected chi connectivity index (χ2v) is 5.27. The first-order chi connectivity index (χ1) is 13.0. The van der Waals surface area contributed by atoms with E-state index in [4.69, 9.17) is 9.47 Å². The molecule has 0 aliphatic heterocycles. The van der Waals surface area contributed by atoms with Crippen LogP contribution in [0.15, 0.2) is 47.6 Å². The van der Waals surface area contributed by atoms with E-state index >= 15 is 0 Å². The summed E-state index contributed by atoms with van der Waals surface area (Å²) in [4.78, 5) is 23.7. The second-order valence-electron chi connectivity index (χ2n) is 5.27. The molecule has 0 saturated carbocycles. The summed E-state index contributed by atoms with van der Waals surface area (Å²) < 4.78 is 10.6. The molecule has 0 bridgehead atoms. The fourth-order valence-corrected chi connectivity index (χ4v) is 2.09. The molecular weight excluding hydrogens is 350 g/mol. The molecule has 27 heavy (non-hydrogen) atoms. The van der Waals surface area contributed by atoms with Gasteiger partial charge in [0.2, 0.25) is 0 Å². The van der Waals surface area contributed by atoms with Crippen LogP contribution >= 0.6 is 0 Å². The van der Waals surface area contributed by atoms with Gasteiger partial charge >= 0.3 is 11.8 Å². The Kier molecular flexibility index (Phi) is 7.18. The number of nitrogens with one attached hydrogen (secondary N) is 2. The number of rotatable bonds is 7. The Hall–Kier alpha value is -3.55. The smallest absolute Gasteiger partial charge is 0.329 e. The Labute approximate surface area is 156 Å². The lowest BCUT2D eigenvalue weighted by molar-refractivity contribution is -0.136. The maximum atomic E-state index is 11.9. The summed E-state index contributed by atoms with van der Waals surface area (Å²) >= 11 is 0. The summed E-state index contributed by atoms with van der Waals surface area (Å²) in [6, 6.07) is 11.2. The minimum absolute atomic E-state index is 0.00719. The van der Waals surface area contributed by atoms with Crippen LogP contribution in [0.3, 0.4) is 0 Å². The van der Waals surface area contributed by atoms with Crippen LogP contribution in [0.1, 0.15) is 19.4 Å². The van der Waals surface area contributed by atoms with E-state index in [1.807, 2.05) is 6.92 Å². The number of nitrogens with zero attached hydrogens (tertiary/aromatic N) is 1. The number of benzene rings is 2. The van der Waals surface area contributed by atoms with Crippen LogP contribution in [0.2, 0.25) is 0 Å². The first-order valence-electron chi connectivity index (χ1n) is 8.36. The molecule has 2 aromatic carbocycles. The van der Waals surface area contributed by atoms with Gasteiger partial charge in [-0.25, -0.2) is 5.43 Å². The summed E-state index contributed by atoms with van der Waals surface area (Å²) in [6.45, 7) is 4.61. The number of amides is 2. The fraction of sp³-hybridized carbons (Fsp3) is 0.211. The van der Waals surface area contributed by atoms with Crippen LogP contribution in [-0.4, -0.2) is 36.3 Å². The molecule has 0 radical (unpaired) electrons. The number of phenolic OH excluding ortho intramolecular Hbond substituents is 1. The summed E-state index contributed by atoms with van der Waals surface area (Å²) in [5, 5.41) is 15.8. The van der Waals surface area contributed by atoms with E-state index in [1.165, 1.54) is 12.3 Å². The molecule has 3 N–H and O–H groups in total. The molecule has 0 fully saturated rings. The minimum Gasteiger partial charge on any atom is -0.504 e. The third-order valence-electron chi connectivity index (χ3n) is 3.29. The van der Waals surface area contributed by atoms with Gasteiger partial charge < -0.3 is 19.9 Å². The zero-order valence-corrected chi connectivity index (χ0v) is 15.1. The Balaban J connectivity index is 1.89. The second kappa shape index (κ2) is 9.81. The monoisotopic (exact) mass is 371 g/mol. The lowest BCUT2D eigenvalue weighted by atomic mass is 10.2. The topological polar surface area (TPSA) is 109 Å². The van der Waals surface area contributed by atoms with Crippen molar-refractivity contribution < 1.29 is 24.2 Å². The van der Waals surface area contributed by atoms with Gasteiger partial charge in [0.1, 0.15) is 5.75 Å². The van der Waals surface area contributed by atoms with E-state index in [0.29, 0.717) is 36.0 Å². The highest BCUT2D eigenvalue weighted by molar-refractivity contribution is 6.39. The highest BCUT2D eigenvalue weighted by Gasteiger charge is 2.12. The predicted octanol–water partition coefficient (Wildman–Crippen LogP) is 2.28. The van der Waals surface area contributed by atoms with Gasteiger partial charge in [0.05, 0.1) is 19.4 Å². The van der Waals surface area contributed by atoms with Crippen molar-refractivity contribution in [3.05, 3.63) is 48.0 Å². The summed E-state index contributed by atoms with van der Waals surface area (Å²) in [6.07, 6.45) is 1.34. The molecule has 2 amide bonds. The van der Waals surface area contributed by atoms with Gasteiger partial charge in [-0.2, -0.15) is 5.10 Å². The number of phenols is 1. The van der Waals surface area contributed by atoms with Gasteiger partial charge in [0.25, 0.3) is 0 Å². The molecule has 0 heterocycles. The molecule has 2 aromatic rings. The van der Waals surface area contributed by atoms with Crippen molar-refractivity contribution in [3.8, 4) is 17.2 Å². The molecule has 0 aromatic heterocycles.